The van der Waals surface area contributed by atoms with E-state index in [1.807, 2.05) is 12.3 Å². The lowest BCUT2D eigenvalue weighted by Crippen LogP contribution is -2.73. The molecule has 9 aliphatic rings. The maximum atomic E-state index is 15.3. The molecule has 8 fully saturated rings. The number of ether oxygens (including phenoxy) is 3. The zero-order chi connectivity index (χ0) is 44.7. The van der Waals surface area contributed by atoms with E-state index >= 15 is 4.79 Å². The highest BCUT2D eigenvalue weighted by molar-refractivity contribution is 7.10. The number of methoxy groups -OCH3 is 1. The van der Waals surface area contributed by atoms with Gasteiger partial charge in [0.25, 0.3) is 5.91 Å². The average molecular weight is 903 g/mol. The first-order valence-electron chi connectivity index (χ1n) is 24.0. The molecule has 2 N–H and O–H groups in total. The number of pyridine rings is 1. The van der Waals surface area contributed by atoms with E-state index in [0.29, 0.717) is 38.5 Å². The summed E-state index contributed by atoms with van der Waals surface area (Å²) in [6.45, 7) is 15.7. The summed E-state index contributed by atoms with van der Waals surface area (Å²) in [7, 11) is 1.74. The van der Waals surface area contributed by atoms with Crippen LogP contribution in [0.1, 0.15) is 94.8 Å². The minimum Gasteiger partial charge on any atom is -0.464 e. The predicted molar refractivity (Wildman–Crippen MR) is 245 cm³/mol. The van der Waals surface area contributed by atoms with E-state index < -0.39 is 23.5 Å². The van der Waals surface area contributed by atoms with E-state index in [1.165, 1.54) is 18.4 Å². The van der Waals surface area contributed by atoms with E-state index in [4.69, 9.17) is 24.2 Å². The zero-order valence-electron chi connectivity index (χ0n) is 38.4. The number of benzene rings is 1. The number of nitrogens with zero attached hydrogens (tertiary/aromatic N) is 6. The van der Waals surface area contributed by atoms with Crippen molar-refractivity contribution in [3.05, 3.63) is 58.2 Å². The Morgan fingerprint density at radius 3 is 2.48 bits per heavy atom. The fraction of sp³-hybridized carbons (Fsp3) is 0.620. The molecule has 2 amide bonds. The van der Waals surface area contributed by atoms with Crippen LogP contribution >= 0.6 is 11.3 Å². The molecule has 0 radical (unpaired) electrons. The third-order valence-electron chi connectivity index (χ3n) is 16.6. The predicted octanol–water partition coefficient (Wildman–Crippen LogP) is 5.93. The Morgan fingerprint density at radius 2 is 1.78 bits per heavy atom. The van der Waals surface area contributed by atoms with Gasteiger partial charge in [-0.1, -0.05) is 33.8 Å². The van der Waals surface area contributed by atoms with Crippen LogP contribution in [0.3, 0.4) is 0 Å². The van der Waals surface area contributed by atoms with Crippen molar-refractivity contribution in [3.8, 4) is 22.5 Å². The van der Waals surface area contributed by atoms with Gasteiger partial charge in [0.05, 0.1) is 55.1 Å². The number of likely N-dealkylation sites (tertiary alicyclic amines) is 2. The van der Waals surface area contributed by atoms with Crippen molar-refractivity contribution in [2.75, 3.05) is 53.1 Å². The first-order valence-corrected chi connectivity index (χ1v) is 24.9. The summed E-state index contributed by atoms with van der Waals surface area (Å²) in [5.41, 5.74) is 10.2. The van der Waals surface area contributed by atoms with Crippen LogP contribution in [-0.2, 0) is 35.0 Å². The van der Waals surface area contributed by atoms with Crippen LogP contribution in [0.5, 0.6) is 0 Å². The molecule has 14 nitrogen and oxygen atoms in total. The molecule has 1 spiro atoms. The zero-order valence-corrected chi connectivity index (χ0v) is 39.2. The Balaban J connectivity index is 1.02. The fourth-order valence-corrected chi connectivity index (χ4v) is 13.1. The number of cyclic esters (lactones) is 1. The number of carbonyl (C=O) groups excluding carboxylic acids is 3. The molecule has 3 saturated carbocycles. The summed E-state index contributed by atoms with van der Waals surface area (Å²) in [6.07, 6.45) is 6.19. The molecule has 7 atom stereocenters. The molecule has 15 heteroatoms. The van der Waals surface area contributed by atoms with E-state index in [1.54, 1.807) is 23.5 Å². The number of nitrogens with one attached hydrogen (secondary N) is 2. The van der Waals surface area contributed by atoms with Gasteiger partial charge in [-0.25, -0.2) is 10.4 Å². The average Bonchev–Trinajstić information content (AvgIpc) is 4.09. The van der Waals surface area contributed by atoms with Crippen LogP contribution in [0.15, 0.2) is 41.9 Å². The number of fused-ring (bicyclic) bond motifs is 4. The third-order valence-corrected chi connectivity index (χ3v) is 17.6. The van der Waals surface area contributed by atoms with Gasteiger partial charge in [0.15, 0.2) is 0 Å². The number of carbonyl (C=O) groups is 3. The second kappa shape index (κ2) is 15.4. The summed E-state index contributed by atoms with van der Waals surface area (Å²) in [5.74, 6) is -0.300. The lowest BCUT2D eigenvalue weighted by Gasteiger charge is -2.58. The maximum Gasteiger partial charge on any atom is 0.325 e. The molecule has 13 rings (SSSR count). The SMILES string of the molecule is CO[C@@H](C)c1ncccc1-c1c2c3cc(ccc3n1C1CN(C3CC3)C1)-c1csc(n1)[C@@H](N1CC3(COC3)C1)[C@H](NC(=O)C1[C@@H](C)[C@H]1C)C(=O)N1N[C@H](C(=O)OCC(C)(C)C2)C2CC1C2. The van der Waals surface area contributed by atoms with Crippen LogP contribution in [0.4, 0.5) is 0 Å². The Labute approximate surface area is 384 Å². The van der Waals surface area contributed by atoms with Crippen molar-refractivity contribution >= 4 is 40.0 Å². The molecule has 344 valence electrons. The van der Waals surface area contributed by atoms with Crippen molar-refractivity contribution in [2.45, 2.75) is 109 Å². The van der Waals surface area contributed by atoms with Gasteiger partial charge in [0.2, 0.25) is 5.91 Å². The van der Waals surface area contributed by atoms with Crippen LogP contribution < -0.4 is 10.7 Å². The molecule has 9 heterocycles. The monoisotopic (exact) mass is 902 g/mol. The molecule has 1 aromatic carbocycles. The van der Waals surface area contributed by atoms with Gasteiger partial charge in [0.1, 0.15) is 17.1 Å². The van der Waals surface area contributed by atoms with Gasteiger partial charge in [-0.3, -0.25) is 34.2 Å². The van der Waals surface area contributed by atoms with Crippen LogP contribution in [0.25, 0.3) is 33.4 Å². The molecule has 1 unspecified atom stereocenters. The smallest absolute Gasteiger partial charge is 0.325 e. The molecule has 5 saturated heterocycles. The largest absolute Gasteiger partial charge is 0.464 e. The van der Waals surface area contributed by atoms with Gasteiger partial charge in [-0.05, 0) is 86.6 Å². The first kappa shape index (κ1) is 42.1. The van der Waals surface area contributed by atoms with E-state index in [2.05, 4.69) is 89.4 Å². The number of thiazole rings is 1. The molecule has 3 aliphatic carbocycles. The number of hydrogen-bond acceptors (Lipinski definition) is 12. The molecule has 6 aliphatic heterocycles. The number of amides is 2. The molecule has 65 heavy (non-hydrogen) atoms. The summed E-state index contributed by atoms with van der Waals surface area (Å²) in [4.78, 5) is 59.1. The highest BCUT2D eigenvalue weighted by Crippen LogP contribution is 2.50. The standard InChI is InChI=1S/C50H62N8O6S/c1-26-27(2)39(26)45(59)53-42-44(56-21-50(22-56)24-63-25-50)46-52-37(20-65-46)29-9-12-38-35(16-29)36(17-49(4,5)23-64-48(61)41-30-14-32(15-30)58(54-41)47(42)60)43(34-8-7-13-51-40(34)28(3)62-6)57(38)33-18-55(19-33)31-10-11-31/h7-9,12-13,16,20,26-28,30-33,39,41-42,44,54H,10-11,14-15,17-19,21-25H2,1-6H3,(H,53,59)/t26-,27+,28-,30?,32?,39?,41-,42-,44-/m0/s1. The Morgan fingerprint density at radius 1 is 1.02 bits per heavy atom. The molecule has 4 aromatic rings. The summed E-state index contributed by atoms with van der Waals surface area (Å²) in [5, 5.41) is 9.03. The van der Waals surface area contributed by atoms with E-state index in [9.17, 15) is 9.59 Å². The van der Waals surface area contributed by atoms with E-state index in [0.717, 1.165) is 70.3 Å². The number of esters is 1. The second-order valence-electron chi connectivity index (χ2n) is 21.9. The van der Waals surface area contributed by atoms with Gasteiger partial charge in [0, 0.05) is 95.7 Å². The lowest BCUT2D eigenvalue weighted by atomic mass is 9.72. The molecular formula is C50H62N8O6S. The summed E-state index contributed by atoms with van der Waals surface area (Å²) < 4.78 is 20.6. The minimum absolute atomic E-state index is 0.0496. The van der Waals surface area contributed by atoms with Gasteiger partial charge in [-0.2, -0.15) is 0 Å². The van der Waals surface area contributed by atoms with Crippen molar-refractivity contribution < 1.29 is 28.6 Å². The Bertz CT molecular complexity index is 2560. The molecule has 8 bridgehead atoms. The summed E-state index contributed by atoms with van der Waals surface area (Å²) in [6, 6.07) is 9.73. The quantitative estimate of drug-likeness (QED) is 0.203. The van der Waals surface area contributed by atoms with Crippen LogP contribution in [-0.4, -0.2) is 124 Å². The van der Waals surface area contributed by atoms with Gasteiger partial charge in [-0.15, -0.1) is 11.3 Å². The van der Waals surface area contributed by atoms with Gasteiger partial charge >= 0.3 is 5.97 Å². The number of hydrogen-bond donors (Lipinski definition) is 2. The van der Waals surface area contributed by atoms with Gasteiger partial charge < -0.3 is 24.1 Å². The van der Waals surface area contributed by atoms with E-state index in [-0.39, 0.29) is 71.7 Å². The number of hydrazine groups is 1. The molecular weight excluding hydrogens is 841 g/mol. The van der Waals surface area contributed by atoms with Crippen LogP contribution in [0.2, 0.25) is 0 Å². The fourth-order valence-electron chi connectivity index (χ4n) is 12.1. The van der Waals surface area contributed by atoms with Crippen molar-refractivity contribution in [1.29, 1.82) is 0 Å². The topological polar surface area (TPSA) is 143 Å². The van der Waals surface area contributed by atoms with Crippen molar-refractivity contribution in [2.24, 2.45) is 34.5 Å². The maximum absolute atomic E-state index is 15.3. The van der Waals surface area contributed by atoms with Crippen LogP contribution in [0, 0.1) is 34.5 Å². The third kappa shape index (κ3) is 7.00. The first-order chi connectivity index (χ1) is 31.3. The number of aromatic nitrogens is 3. The normalized spacial score (nSPS) is 32.4. The van der Waals surface area contributed by atoms with Crippen molar-refractivity contribution in [1.82, 2.24) is 40.1 Å². The highest BCUT2D eigenvalue weighted by Gasteiger charge is 2.58. The Hall–Kier alpha value is -4.25. The summed E-state index contributed by atoms with van der Waals surface area (Å²) >= 11 is 1.55. The minimum atomic E-state index is -0.925. The number of rotatable bonds is 8. The highest BCUT2D eigenvalue weighted by atomic mass is 32.1. The molecule has 3 aromatic heterocycles. The second-order valence-corrected chi connectivity index (χ2v) is 22.8. The van der Waals surface area contributed by atoms with Crippen molar-refractivity contribution in [3.63, 3.8) is 0 Å². The lowest BCUT2D eigenvalue weighted by molar-refractivity contribution is -0.204. The Kier molecular flexibility index (Phi) is 9.98.